The van der Waals surface area contributed by atoms with Crippen molar-refractivity contribution in [2.45, 2.75) is 0 Å². The summed E-state index contributed by atoms with van der Waals surface area (Å²) in [6.45, 7) is 0. The molecule has 0 bridgehead atoms. The van der Waals surface area contributed by atoms with Crippen molar-refractivity contribution < 1.29 is 53.6 Å². The number of hydrogen-bond donors (Lipinski definition) is 2. The molecule has 0 aromatic carbocycles. The predicted octanol–water partition coefficient (Wildman–Crippen LogP) is -1.55. The van der Waals surface area contributed by atoms with Gasteiger partial charge in [0.2, 0.25) is 0 Å². The molecule has 0 rings (SSSR count). The first kappa shape index (κ1) is 13.1. The van der Waals surface area contributed by atoms with E-state index in [1.165, 1.54) is 0 Å². The summed E-state index contributed by atoms with van der Waals surface area (Å²) in [6, 6.07) is 0. The van der Waals surface area contributed by atoms with E-state index >= 15 is 0 Å². The molecule has 7 nitrogen and oxygen atoms in total. The normalized spacial score (nSPS) is 12.2. The molecule has 0 atom stereocenters. The quantitative estimate of drug-likeness (QED) is 0.610. The van der Waals surface area contributed by atoms with Crippen LogP contribution < -0.4 is 0 Å². The second kappa shape index (κ2) is 3.76. The standard InChI is InChI=1S/2Cr.2H2O.5O.H2S/h;;2*1H2;;;;;;1H2/q2*+1;;;;;;;;/p-2. The van der Waals surface area contributed by atoms with Crippen molar-refractivity contribution >= 4 is 13.5 Å². The van der Waals surface area contributed by atoms with E-state index in [1.807, 2.05) is 0 Å². The van der Waals surface area contributed by atoms with Gasteiger partial charge in [-0.3, -0.25) is 0 Å². The minimum absolute atomic E-state index is 0. The molecule has 2 N–H and O–H groups in total. The molecule has 10 heteroatoms. The molecule has 0 spiro atoms. The summed E-state index contributed by atoms with van der Waals surface area (Å²) in [4.78, 5) is 0. The zero-order chi connectivity index (χ0) is 7.71. The Hall–Kier alpha value is 0.495. The molecule has 0 fully saturated rings. The van der Waals surface area contributed by atoms with Gasteiger partial charge in [-0.2, -0.15) is 13.5 Å². The first-order valence-electron chi connectivity index (χ1n) is 1.37. The average Bonchev–Trinajstić information content (AvgIpc) is 1.14. The molecule has 0 saturated heterocycles. The van der Waals surface area contributed by atoms with Crippen LogP contribution in [0.2, 0.25) is 0 Å². The van der Waals surface area contributed by atoms with Crippen LogP contribution in [0.4, 0.5) is 0 Å². The van der Waals surface area contributed by atoms with Gasteiger partial charge in [0.15, 0.2) is 0 Å². The maximum atomic E-state index is 9.53. The third-order valence-electron chi connectivity index (χ3n) is 0.172. The second-order valence-electron chi connectivity index (χ2n) is 0.924. The van der Waals surface area contributed by atoms with Gasteiger partial charge in [-0.15, -0.1) is 0 Å². The summed E-state index contributed by atoms with van der Waals surface area (Å²) in [7, 11) is 0. The van der Waals surface area contributed by atoms with Gasteiger partial charge in [0.1, 0.15) is 0 Å². The van der Waals surface area contributed by atoms with Gasteiger partial charge in [0.05, 0.1) is 0 Å². The molecular formula is H4Cr2O7S. The van der Waals surface area contributed by atoms with E-state index in [-0.39, 0.29) is 13.5 Å². The van der Waals surface area contributed by atoms with Crippen molar-refractivity contribution in [3.05, 3.63) is 0 Å². The van der Waals surface area contributed by atoms with E-state index in [1.54, 1.807) is 0 Å². The van der Waals surface area contributed by atoms with E-state index in [4.69, 9.17) is 8.32 Å². The van der Waals surface area contributed by atoms with Crippen LogP contribution in [0.3, 0.4) is 0 Å². The molecule has 0 heterocycles. The Kier molecular flexibility index (Phi) is 4.93. The van der Waals surface area contributed by atoms with E-state index in [0.29, 0.717) is 0 Å². The van der Waals surface area contributed by atoms with Gasteiger partial charge in [-0.1, -0.05) is 0 Å². The topological polar surface area (TPSA) is 118 Å². The molecule has 0 amide bonds. The van der Waals surface area contributed by atoms with Gasteiger partial charge in [0.25, 0.3) is 0 Å². The van der Waals surface area contributed by atoms with Crippen molar-refractivity contribution in [3.8, 4) is 0 Å². The Balaban J connectivity index is 0. The average molecular weight is 252 g/mol. The van der Waals surface area contributed by atoms with Crippen molar-refractivity contribution in [1.82, 2.24) is 0 Å². The Bertz CT molecular complexity index is 237. The van der Waals surface area contributed by atoms with Crippen molar-refractivity contribution in [2.75, 3.05) is 0 Å². The fourth-order valence-corrected chi connectivity index (χ4v) is 1.85. The third-order valence-corrected chi connectivity index (χ3v) is 2.92. The van der Waals surface area contributed by atoms with Gasteiger partial charge in [-0.05, 0) is 0 Å². The molecule has 0 aliphatic heterocycles. The fourth-order valence-electron chi connectivity index (χ4n) is 0.109. The fraction of sp³-hybridized carbons (Fsp3) is 0. The molecule has 10 heavy (non-hydrogen) atoms. The Morgan fingerprint density at radius 2 is 1.10 bits per heavy atom. The Morgan fingerprint density at radius 1 is 0.900 bits per heavy atom. The summed E-state index contributed by atoms with van der Waals surface area (Å²) in [6.07, 6.45) is 0. The minimum atomic E-state index is -5.76. The number of rotatable bonds is 2. The first-order valence-corrected chi connectivity index (χ1v) is 5.63. The molecule has 0 aliphatic rings. The van der Waals surface area contributed by atoms with E-state index < -0.39 is 27.2 Å². The van der Waals surface area contributed by atoms with Gasteiger partial charge >= 0.3 is 53.6 Å². The van der Waals surface area contributed by atoms with Crippen LogP contribution in [-0.2, 0) is 45.3 Å². The maximum absolute atomic E-state index is 9.53. The van der Waals surface area contributed by atoms with E-state index in [2.05, 4.69) is 2.84 Å². The molecule has 0 unspecified atom stereocenters. The van der Waals surface area contributed by atoms with E-state index in [9.17, 15) is 15.2 Å². The second-order valence-corrected chi connectivity index (χ2v) is 4.68. The summed E-state index contributed by atoms with van der Waals surface area (Å²) in [5.41, 5.74) is 0. The first-order chi connectivity index (χ1) is 3.71. The number of hydrogen-bond acceptors (Lipinski definition) is 5. The van der Waals surface area contributed by atoms with Gasteiger partial charge in [-0.25, -0.2) is 0 Å². The van der Waals surface area contributed by atoms with Crippen molar-refractivity contribution in [2.24, 2.45) is 0 Å². The predicted molar refractivity (Wildman–Crippen MR) is 18.6 cm³/mol. The summed E-state index contributed by atoms with van der Waals surface area (Å²) in [5.74, 6) is 0. The molecule has 0 aliphatic carbocycles. The molecule has 0 aromatic rings. The van der Waals surface area contributed by atoms with Crippen molar-refractivity contribution in [1.29, 1.82) is 0 Å². The zero-order valence-electron chi connectivity index (χ0n) is 4.25. The van der Waals surface area contributed by atoms with Gasteiger partial charge < -0.3 is 0 Å². The molecule has 64 valence electrons. The van der Waals surface area contributed by atoms with Crippen molar-refractivity contribution in [3.63, 3.8) is 0 Å². The third kappa shape index (κ3) is 11.3. The molecule has 0 radical (unpaired) electrons. The van der Waals surface area contributed by atoms with Crippen LogP contribution in [0.15, 0.2) is 0 Å². The van der Waals surface area contributed by atoms with Crippen LogP contribution >= 0.6 is 13.5 Å². The van der Waals surface area contributed by atoms with Crippen LogP contribution in [0.1, 0.15) is 0 Å². The SMILES string of the molecule is S.[O]=[Cr](=[O])([OH])[O][Cr](=[O])(=[O])[OH]. The summed E-state index contributed by atoms with van der Waals surface area (Å²) in [5, 5.41) is 0. The Morgan fingerprint density at radius 3 is 1.10 bits per heavy atom. The van der Waals surface area contributed by atoms with Crippen LogP contribution in [0, 0.1) is 0 Å². The molecular weight excluding hydrogens is 248 g/mol. The monoisotopic (exact) mass is 252 g/mol. The zero-order valence-corrected chi connectivity index (χ0v) is 7.80. The molecule has 0 saturated carbocycles. The van der Waals surface area contributed by atoms with E-state index in [0.717, 1.165) is 0 Å². The van der Waals surface area contributed by atoms with Crippen LogP contribution in [0.5, 0.6) is 0 Å². The summed E-state index contributed by atoms with van der Waals surface area (Å²) >= 11 is -11.5. The van der Waals surface area contributed by atoms with Gasteiger partial charge in [0, 0.05) is 0 Å². The Labute approximate surface area is 67.2 Å². The molecule has 0 aromatic heterocycles. The van der Waals surface area contributed by atoms with Crippen LogP contribution in [0.25, 0.3) is 0 Å². The van der Waals surface area contributed by atoms with Crippen LogP contribution in [-0.4, -0.2) is 8.32 Å². The summed E-state index contributed by atoms with van der Waals surface area (Å²) < 4.78 is 56.3.